The lowest BCUT2D eigenvalue weighted by atomic mass is 9.86. The third-order valence-corrected chi connectivity index (χ3v) is 7.12. The average molecular weight is 430 g/mol. The molecule has 0 radical (unpaired) electrons. The van der Waals surface area contributed by atoms with Crippen LogP contribution in [0, 0.1) is 5.92 Å². The Kier molecular flexibility index (Phi) is 4.95. The summed E-state index contributed by atoms with van der Waals surface area (Å²) in [6.45, 7) is 3.70. The number of nitrogens with zero attached hydrogens (tertiary/aromatic N) is 2. The van der Waals surface area contributed by atoms with E-state index in [2.05, 4.69) is 39.5 Å². The van der Waals surface area contributed by atoms with Crippen LogP contribution in [0.15, 0.2) is 54.7 Å². The molecule has 6 heteroatoms. The Hall–Kier alpha value is -3.12. The van der Waals surface area contributed by atoms with Gasteiger partial charge in [-0.15, -0.1) is 0 Å². The Labute approximate surface area is 187 Å². The molecule has 164 valence electrons. The SMILES string of the molecule is O=C(NC1CCOc2cc(-c3cnc4ccccc4c3)ccc21)O[C@@H]1CN2CCC1CC2. The maximum atomic E-state index is 12.7. The second-order valence-corrected chi connectivity index (χ2v) is 9.09. The Balaban J connectivity index is 1.18. The summed E-state index contributed by atoms with van der Waals surface area (Å²) in [6, 6.07) is 16.3. The summed E-state index contributed by atoms with van der Waals surface area (Å²) in [5, 5.41) is 4.20. The standard InChI is InChI=1S/C26H27N3O3/c30-26(32-25-16-29-10-7-17(25)8-11-29)28-23-9-12-31-24-14-18(5-6-21(23)24)20-13-19-3-1-2-4-22(19)27-15-20/h1-6,13-15,17,23,25H,7-12,16H2,(H,28,30)/t23?,25-/m1/s1. The molecule has 0 aliphatic carbocycles. The fraction of sp³-hybridized carbons (Fsp3) is 0.385. The van der Waals surface area contributed by atoms with E-state index >= 15 is 0 Å². The number of amides is 1. The third kappa shape index (κ3) is 3.69. The molecule has 1 aromatic heterocycles. The molecule has 3 saturated heterocycles. The van der Waals surface area contributed by atoms with Gasteiger partial charge in [0.05, 0.1) is 18.2 Å². The molecule has 0 spiro atoms. The summed E-state index contributed by atoms with van der Waals surface area (Å²) in [4.78, 5) is 19.6. The highest BCUT2D eigenvalue weighted by Crippen LogP contribution is 2.36. The van der Waals surface area contributed by atoms with Gasteiger partial charge in [0, 0.05) is 35.7 Å². The molecule has 2 aromatic carbocycles. The molecule has 2 bridgehead atoms. The average Bonchev–Trinajstić information content (AvgIpc) is 2.84. The van der Waals surface area contributed by atoms with Gasteiger partial charge in [-0.2, -0.15) is 0 Å². The van der Waals surface area contributed by atoms with Crippen LogP contribution >= 0.6 is 0 Å². The summed E-state index contributed by atoms with van der Waals surface area (Å²) in [6.07, 6.45) is 4.59. The van der Waals surface area contributed by atoms with Crippen LogP contribution in [0.3, 0.4) is 0 Å². The smallest absolute Gasteiger partial charge is 0.407 e. The molecule has 6 nitrogen and oxygen atoms in total. The van der Waals surface area contributed by atoms with Crippen molar-refractivity contribution in [2.24, 2.45) is 5.92 Å². The van der Waals surface area contributed by atoms with Gasteiger partial charge < -0.3 is 14.8 Å². The Bertz CT molecular complexity index is 1160. The van der Waals surface area contributed by atoms with Crippen molar-refractivity contribution in [1.29, 1.82) is 0 Å². The first-order valence-corrected chi connectivity index (χ1v) is 11.5. The number of nitrogens with one attached hydrogen (secondary N) is 1. The van der Waals surface area contributed by atoms with Gasteiger partial charge in [0.15, 0.2) is 0 Å². The van der Waals surface area contributed by atoms with E-state index < -0.39 is 0 Å². The first kappa shape index (κ1) is 19.6. The zero-order valence-electron chi connectivity index (χ0n) is 18.0. The minimum Gasteiger partial charge on any atom is -0.493 e. The van der Waals surface area contributed by atoms with Crippen LogP contribution in [0.1, 0.15) is 30.9 Å². The summed E-state index contributed by atoms with van der Waals surface area (Å²) in [5.41, 5.74) is 4.08. The Morgan fingerprint density at radius 3 is 2.78 bits per heavy atom. The van der Waals surface area contributed by atoms with E-state index in [1.807, 2.05) is 30.5 Å². The van der Waals surface area contributed by atoms with Gasteiger partial charge in [0.25, 0.3) is 0 Å². The number of rotatable bonds is 3. The van der Waals surface area contributed by atoms with E-state index in [1.54, 1.807) is 0 Å². The molecular weight excluding hydrogens is 402 g/mol. The van der Waals surface area contributed by atoms with E-state index in [0.29, 0.717) is 12.5 Å². The summed E-state index contributed by atoms with van der Waals surface area (Å²) >= 11 is 0. The molecule has 2 atom stereocenters. The van der Waals surface area contributed by atoms with E-state index in [-0.39, 0.29) is 18.2 Å². The van der Waals surface area contributed by atoms with Crippen LogP contribution in [0.25, 0.3) is 22.0 Å². The second kappa shape index (κ2) is 8.10. The third-order valence-electron chi connectivity index (χ3n) is 7.12. The quantitative estimate of drug-likeness (QED) is 0.662. The van der Waals surface area contributed by atoms with Crippen LogP contribution in [0.2, 0.25) is 0 Å². The van der Waals surface area contributed by atoms with Gasteiger partial charge in [-0.3, -0.25) is 9.88 Å². The predicted molar refractivity (Wildman–Crippen MR) is 123 cm³/mol. The largest absolute Gasteiger partial charge is 0.493 e. The molecule has 5 heterocycles. The number of hydrogen-bond acceptors (Lipinski definition) is 5. The predicted octanol–water partition coefficient (Wildman–Crippen LogP) is 4.55. The van der Waals surface area contributed by atoms with Crippen molar-refractivity contribution in [2.75, 3.05) is 26.2 Å². The zero-order valence-corrected chi connectivity index (χ0v) is 18.0. The van der Waals surface area contributed by atoms with Gasteiger partial charge in [0.2, 0.25) is 0 Å². The monoisotopic (exact) mass is 429 g/mol. The van der Waals surface area contributed by atoms with Crippen LogP contribution in [-0.2, 0) is 4.74 Å². The normalized spacial score (nSPS) is 26.2. The van der Waals surface area contributed by atoms with Crippen molar-refractivity contribution >= 4 is 17.0 Å². The molecule has 1 amide bonds. The first-order valence-electron chi connectivity index (χ1n) is 11.5. The minimum absolute atomic E-state index is 0.0135. The maximum Gasteiger partial charge on any atom is 0.407 e. The summed E-state index contributed by atoms with van der Waals surface area (Å²) < 4.78 is 11.8. The van der Waals surface area contributed by atoms with Crippen molar-refractivity contribution in [3.8, 4) is 16.9 Å². The number of aromatic nitrogens is 1. The van der Waals surface area contributed by atoms with Gasteiger partial charge in [-0.1, -0.05) is 30.3 Å². The summed E-state index contributed by atoms with van der Waals surface area (Å²) in [5.74, 6) is 1.32. The Morgan fingerprint density at radius 1 is 1.06 bits per heavy atom. The van der Waals surface area contributed by atoms with E-state index in [9.17, 15) is 4.79 Å². The molecular formula is C26H27N3O3. The van der Waals surface area contributed by atoms with Gasteiger partial charge >= 0.3 is 6.09 Å². The van der Waals surface area contributed by atoms with Gasteiger partial charge in [-0.25, -0.2) is 4.79 Å². The topological polar surface area (TPSA) is 63.7 Å². The molecule has 0 saturated carbocycles. The van der Waals surface area contributed by atoms with Crippen LogP contribution in [-0.4, -0.2) is 48.3 Å². The highest BCUT2D eigenvalue weighted by molar-refractivity contribution is 5.83. The second-order valence-electron chi connectivity index (χ2n) is 9.09. The number of carbonyl (C=O) groups is 1. The molecule has 32 heavy (non-hydrogen) atoms. The number of hydrogen-bond donors (Lipinski definition) is 1. The Morgan fingerprint density at radius 2 is 1.94 bits per heavy atom. The number of ether oxygens (including phenoxy) is 2. The van der Waals surface area contributed by atoms with Crippen molar-refractivity contribution in [1.82, 2.24) is 15.2 Å². The number of alkyl carbamates (subject to hydrolysis) is 1. The molecule has 1 N–H and O–H groups in total. The molecule has 3 aromatic rings. The molecule has 7 rings (SSSR count). The highest BCUT2D eigenvalue weighted by Gasteiger charge is 2.37. The van der Waals surface area contributed by atoms with Crippen LogP contribution in [0.5, 0.6) is 5.75 Å². The van der Waals surface area contributed by atoms with E-state index in [0.717, 1.165) is 72.2 Å². The molecule has 1 unspecified atom stereocenters. The number of fused-ring (bicyclic) bond motifs is 5. The maximum absolute atomic E-state index is 12.7. The lowest BCUT2D eigenvalue weighted by molar-refractivity contribution is -0.0342. The van der Waals surface area contributed by atoms with E-state index in [4.69, 9.17) is 9.47 Å². The van der Waals surface area contributed by atoms with Crippen LogP contribution < -0.4 is 10.1 Å². The number of carbonyl (C=O) groups excluding carboxylic acids is 1. The zero-order chi connectivity index (χ0) is 21.5. The number of para-hydroxylation sites is 1. The number of benzene rings is 2. The van der Waals surface area contributed by atoms with Gasteiger partial charge in [-0.05, 0) is 55.6 Å². The van der Waals surface area contributed by atoms with Crippen molar-refractivity contribution < 1.29 is 14.3 Å². The fourth-order valence-electron chi connectivity index (χ4n) is 5.31. The lowest BCUT2D eigenvalue weighted by Crippen LogP contribution is -2.52. The minimum atomic E-state index is -0.315. The number of pyridine rings is 1. The fourth-order valence-corrected chi connectivity index (χ4v) is 5.31. The molecule has 4 aliphatic heterocycles. The van der Waals surface area contributed by atoms with Crippen molar-refractivity contribution in [3.05, 3.63) is 60.3 Å². The first-order chi connectivity index (χ1) is 15.7. The van der Waals surface area contributed by atoms with E-state index in [1.165, 1.54) is 0 Å². The van der Waals surface area contributed by atoms with Gasteiger partial charge in [0.1, 0.15) is 11.9 Å². The molecule has 4 aliphatic rings. The van der Waals surface area contributed by atoms with Crippen molar-refractivity contribution in [3.63, 3.8) is 0 Å². The molecule has 3 fully saturated rings. The van der Waals surface area contributed by atoms with Crippen LogP contribution in [0.4, 0.5) is 4.79 Å². The number of piperidine rings is 3. The highest BCUT2D eigenvalue weighted by atomic mass is 16.6. The summed E-state index contributed by atoms with van der Waals surface area (Å²) in [7, 11) is 0. The lowest BCUT2D eigenvalue weighted by Gasteiger charge is -2.44. The van der Waals surface area contributed by atoms with Crippen molar-refractivity contribution in [2.45, 2.75) is 31.4 Å².